The predicted octanol–water partition coefficient (Wildman–Crippen LogP) is -0.146. The quantitative estimate of drug-likeness (QED) is 0.409. The summed E-state index contributed by atoms with van der Waals surface area (Å²) < 4.78 is 0. The van der Waals surface area contributed by atoms with Gasteiger partial charge < -0.3 is 5.32 Å². The molecule has 0 fully saturated rings. The van der Waals surface area contributed by atoms with Crippen molar-refractivity contribution in [1.29, 1.82) is 0 Å². The molecular weight excluding hydrogens is 116 g/mol. The summed E-state index contributed by atoms with van der Waals surface area (Å²) >= 11 is 0. The molecule has 0 aliphatic carbocycles. The van der Waals surface area contributed by atoms with Crippen molar-refractivity contribution in [3.05, 3.63) is 12.3 Å². The molecule has 3 heteroatoms. The first-order valence-electron chi connectivity index (χ1n) is 2.85. The normalized spacial score (nSPS) is 13.6. The van der Waals surface area contributed by atoms with Gasteiger partial charge in [0.2, 0.25) is 0 Å². The summed E-state index contributed by atoms with van der Waals surface area (Å²) in [5, 5.41) is 5.57. The fourth-order valence-corrected chi connectivity index (χ4v) is 0.391. The van der Waals surface area contributed by atoms with Gasteiger partial charge in [0.05, 0.1) is 0 Å². The van der Waals surface area contributed by atoms with E-state index < -0.39 is 0 Å². The second kappa shape index (κ2) is 5.31. The summed E-state index contributed by atoms with van der Waals surface area (Å²) in [5.41, 5.74) is 0. The summed E-state index contributed by atoms with van der Waals surface area (Å²) in [5.74, 6) is 0. The fraction of sp³-hybridized carbons (Fsp3) is 0.500. The lowest BCUT2D eigenvalue weighted by Crippen LogP contribution is -2.38. The highest BCUT2D eigenvalue weighted by Gasteiger charge is 1.95. The second-order valence-electron chi connectivity index (χ2n) is 1.57. The van der Waals surface area contributed by atoms with Gasteiger partial charge in [0.15, 0.2) is 6.29 Å². The van der Waals surface area contributed by atoms with Gasteiger partial charge in [0.1, 0.15) is 6.17 Å². The van der Waals surface area contributed by atoms with Crippen LogP contribution >= 0.6 is 0 Å². The van der Waals surface area contributed by atoms with Crippen molar-refractivity contribution in [1.82, 2.24) is 10.6 Å². The minimum Gasteiger partial charge on any atom is -0.370 e. The molecule has 1 atom stereocenters. The highest BCUT2D eigenvalue weighted by Crippen LogP contribution is 1.68. The maximum atomic E-state index is 10.1. The van der Waals surface area contributed by atoms with Crippen molar-refractivity contribution in [3.63, 3.8) is 0 Å². The smallest absolute Gasteiger partial charge is 0.156 e. The van der Waals surface area contributed by atoms with E-state index in [-0.39, 0.29) is 6.17 Å². The molecule has 0 saturated carbocycles. The molecule has 0 aromatic rings. The van der Waals surface area contributed by atoms with E-state index in [0.717, 1.165) is 6.29 Å². The molecule has 52 valence electrons. The zero-order valence-corrected chi connectivity index (χ0v) is 5.72. The minimum absolute atomic E-state index is 0.263. The summed E-state index contributed by atoms with van der Waals surface area (Å²) in [6, 6.07) is 0. The van der Waals surface area contributed by atoms with Gasteiger partial charge in [-0.05, 0) is 20.2 Å². The molecule has 0 rings (SSSR count). The SMILES string of the molecule is C/C=C\NC(C=O)NC. The molecule has 0 aliphatic heterocycles. The van der Waals surface area contributed by atoms with Crippen LogP contribution < -0.4 is 10.6 Å². The monoisotopic (exact) mass is 128 g/mol. The van der Waals surface area contributed by atoms with Crippen molar-refractivity contribution in [2.45, 2.75) is 13.1 Å². The van der Waals surface area contributed by atoms with Gasteiger partial charge in [-0.2, -0.15) is 0 Å². The van der Waals surface area contributed by atoms with Gasteiger partial charge in [-0.15, -0.1) is 0 Å². The molecule has 0 aromatic heterocycles. The van der Waals surface area contributed by atoms with Crippen molar-refractivity contribution in [3.8, 4) is 0 Å². The first-order valence-corrected chi connectivity index (χ1v) is 2.85. The van der Waals surface area contributed by atoms with E-state index in [2.05, 4.69) is 10.6 Å². The number of carbonyl (C=O) groups excluding carboxylic acids is 1. The Morgan fingerprint density at radius 3 is 2.56 bits per heavy atom. The highest BCUT2D eigenvalue weighted by atomic mass is 16.1. The zero-order chi connectivity index (χ0) is 7.11. The van der Waals surface area contributed by atoms with Gasteiger partial charge in [-0.25, -0.2) is 0 Å². The van der Waals surface area contributed by atoms with Crippen LogP contribution in [-0.2, 0) is 4.79 Å². The molecule has 2 N–H and O–H groups in total. The van der Waals surface area contributed by atoms with Gasteiger partial charge in [-0.3, -0.25) is 10.1 Å². The first kappa shape index (κ1) is 8.17. The molecular formula is C6H12N2O. The fourth-order valence-electron chi connectivity index (χ4n) is 0.391. The second-order valence-corrected chi connectivity index (χ2v) is 1.57. The molecule has 0 amide bonds. The third-order valence-electron chi connectivity index (χ3n) is 0.890. The zero-order valence-electron chi connectivity index (χ0n) is 5.72. The molecule has 0 aromatic carbocycles. The van der Waals surface area contributed by atoms with Crippen LogP contribution in [0.5, 0.6) is 0 Å². The molecule has 0 saturated heterocycles. The topological polar surface area (TPSA) is 41.1 Å². The number of allylic oxidation sites excluding steroid dienone is 1. The minimum atomic E-state index is -0.263. The molecule has 0 aliphatic rings. The standard InChI is InChI=1S/C6H12N2O/c1-3-4-8-6(5-9)7-2/h3-8H,1-2H3/b4-3-. The van der Waals surface area contributed by atoms with Crippen molar-refractivity contribution in [2.24, 2.45) is 0 Å². The van der Waals surface area contributed by atoms with Crippen LogP contribution in [-0.4, -0.2) is 19.5 Å². The lowest BCUT2D eigenvalue weighted by molar-refractivity contribution is -0.109. The lowest BCUT2D eigenvalue weighted by atomic mass is 10.5. The van der Waals surface area contributed by atoms with Crippen LogP contribution in [0.2, 0.25) is 0 Å². The number of rotatable bonds is 4. The molecule has 0 bridgehead atoms. The number of nitrogens with one attached hydrogen (secondary N) is 2. The average Bonchev–Trinajstić information content (AvgIpc) is 1.91. The van der Waals surface area contributed by atoms with Crippen LogP contribution in [0.1, 0.15) is 6.92 Å². The maximum Gasteiger partial charge on any atom is 0.156 e. The van der Waals surface area contributed by atoms with E-state index in [0.29, 0.717) is 0 Å². The van der Waals surface area contributed by atoms with Crippen molar-refractivity contribution in [2.75, 3.05) is 7.05 Å². The molecule has 0 heterocycles. The molecule has 0 radical (unpaired) electrons. The van der Waals surface area contributed by atoms with E-state index in [4.69, 9.17) is 0 Å². The van der Waals surface area contributed by atoms with Crippen LogP contribution in [0.15, 0.2) is 12.3 Å². The van der Waals surface area contributed by atoms with Crippen molar-refractivity contribution < 1.29 is 4.79 Å². The predicted molar refractivity (Wildman–Crippen MR) is 36.9 cm³/mol. The van der Waals surface area contributed by atoms with Crippen LogP contribution in [0.25, 0.3) is 0 Å². The van der Waals surface area contributed by atoms with E-state index in [9.17, 15) is 4.79 Å². The third kappa shape index (κ3) is 3.73. The number of hydrogen-bond acceptors (Lipinski definition) is 3. The lowest BCUT2D eigenvalue weighted by Gasteiger charge is -2.06. The van der Waals surface area contributed by atoms with Gasteiger partial charge in [-0.1, -0.05) is 6.08 Å². The largest absolute Gasteiger partial charge is 0.370 e. The van der Waals surface area contributed by atoms with Gasteiger partial charge in [0, 0.05) is 0 Å². The Hall–Kier alpha value is -0.830. The summed E-state index contributed by atoms with van der Waals surface area (Å²) in [7, 11) is 1.72. The van der Waals surface area contributed by atoms with E-state index in [1.54, 1.807) is 13.2 Å². The van der Waals surface area contributed by atoms with Gasteiger partial charge in [0.25, 0.3) is 0 Å². The Morgan fingerprint density at radius 1 is 1.56 bits per heavy atom. The number of aldehydes is 1. The summed E-state index contributed by atoms with van der Waals surface area (Å²) in [6.07, 6.45) is 4.09. The molecule has 0 spiro atoms. The Labute approximate surface area is 55.1 Å². The number of hydrogen-bond donors (Lipinski definition) is 2. The van der Waals surface area contributed by atoms with E-state index >= 15 is 0 Å². The highest BCUT2D eigenvalue weighted by molar-refractivity contribution is 5.56. The Bertz CT molecular complexity index is 101. The van der Waals surface area contributed by atoms with Crippen LogP contribution in [0.3, 0.4) is 0 Å². The molecule has 3 nitrogen and oxygen atoms in total. The van der Waals surface area contributed by atoms with Crippen LogP contribution in [0.4, 0.5) is 0 Å². The van der Waals surface area contributed by atoms with E-state index in [1.807, 2.05) is 13.0 Å². The maximum absolute atomic E-state index is 10.1. The third-order valence-corrected chi connectivity index (χ3v) is 0.890. The summed E-state index contributed by atoms with van der Waals surface area (Å²) in [6.45, 7) is 1.88. The van der Waals surface area contributed by atoms with E-state index in [1.165, 1.54) is 0 Å². The van der Waals surface area contributed by atoms with Gasteiger partial charge >= 0.3 is 0 Å². The number of carbonyl (C=O) groups is 1. The average molecular weight is 128 g/mol. The Morgan fingerprint density at radius 2 is 2.22 bits per heavy atom. The first-order chi connectivity index (χ1) is 4.35. The Balaban J connectivity index is 3.42. The molecule has 9 heavy (non-hydrogen) atoms. The molecule has 1 unspecified atom stereocenters. The number of likely N-dealkylation sites (N-methyl/N-ethyl adjacent to an activating group) is 1. The van der Waals surface area contributed by atoms with Crippen LogP contribution in [0, 0.1) is 0 Å². The van der Waals surface area contributed by atoms with Crippen molar-refractivity contribution >= 4 is 6.29 Å². The Kier molecular flexibility index (Phi) is 4.82. The summed E-state index contributed by atoms with van der Waals surface area (Å²) in [4.78, 5) is 10.1.